The van der Waals surface area contributed by atoms with Gasteiger partial charge in [-0.25, -0.2) is 4.98 Å². The Balaban J connectivity index is 1.79. The van der Waals surface area contributed by atoms with Crippen molar-refractivity contribution < 1.29 is 4.42 Å². The zero-order chi connectivity index (χ0) is 11.9. The zero-order valence-electron chi connectivity index (χ0n) is 9.90. The Morgan fingerprint density at radius 2 is 2.29 bits per heavy atom. The number of hydrogen-bond acceptors (Lipinski definition) is 4. The second-order valence-corrected chi connectivity index (χ2v) is 5.86. The Bertz CT molecular complexity index is 525. The molecule has 2 aromatic rings. The number of hydrogen-bond donors (Lipinski definition) is 1. The lowest BCUT2D eigenvalue weighted by Gasteiger charge is -2.08. The summed E-state index contributed by atoms with van der Waals surface area (Å²) in [6.07, 6.45) is 3.52. The molecule has 0 bridgehead atoms. The fourth-order valence-corrected chi connectivity index (χ4v) is 2.99. The van der Waals surface area contributed by atoms with Crippen LogP contribution < -0.4 is 5.73 Å². The number of aryl methyl sites for hydroxylation is 1. The lowest BCUT2D eigenvalue weighted by atomic mass is 10.0. The minimum absolute atomic E-state index is 0.355. The van der Waals surface area contributed by atoms with E-state index in [9.17, 15) is 0 Å². The molecule has 0 aliphatic heterocycles. The minimum atomic E-state index is 0.355. The molecule has 2 N–H and O–H groups in total. The number of rotatable bonds is 4. The molecule has 1 fully saturated rings. The fraction of sp³-hybridized carbons (Fsp3) is 0.462. The van der Waals surface area contributed by atoms with E-state index in [0.29, 0.717) is 5.41 Å². The fourth-order valence-electron chi connectivity index (χ4n) is 2.03. The van der Waals surface area contributed by atoms with Crippen LogP contribution in [0.2, 0.25) is 0 Å². The summed E-state index contributed by atoms with van der Waals surface area (Å²) in [7, 11) is 0. The minimum Gasteiger partial charge on any atom is -0.460 e. The van der Waals surface area contributed by atoms with Gasteiger partial charge in [0, 0.05) is 11.8 Å². The summed E-state index contributed by atoms with van der Waals surface area (Å²) < 4.78 is 5.57. The molecule has 3 nitrogen and oxygen atoms in total. The third-order valence-electron chi connectivity index (χ3n) is 3.46. The molecule has 0 spiro atoms. The molecule has 90 valence electrons. The van der Waals surface area contributed by atoms with Crippen LogP contribution in [0.25, 0.3) is 11.5 Å². The van der Waals surface area contributed by atoms with Gasteiger partial charge in [0.1, 0.15) is 11.5 Å². The molecule has 1 aliphatic carbocycles. The topological polar surface area (TPSA) is 52.0 Å². The summed E-state index contributed by atoms with van der Waals surface area (Å²) in [5.74, 6) is 1.79. The van der Waals surface area contributed by atoms with E-state index in [4.69, 9.17) is 10.2 Å². The van der Waals surface area contributed by atoms with E-state index in [-0.39, 0.29) is 0 Å². The van der Waals surface area contributed by atoms with Crippen LogP contribution in [-0.2, 0) is 6.42 Å². The van der Waals surface area contributed by atoms with Crippen molar-refractivity contribution in [1.29, 1.82) is 0 Å². The van der Waals surface area contributed by atoms with E-state index >= 15 is 0 Å². The molecule has 2 aromatic heterocycles. The molecule has 0 atom stereocenters. The first-order valence-electron chi connectivity index (χ1n) is 5.92. The van der Waals surface area contributed by atoms with Gasteiger partial charge in [-0.1, -0.05) is 0 Å². The highest BCUT2D eigenvalue weighted by Gasteiger charge is 2.41. The maximum atomic E-state index is 5.80. The summed E-state index contributed by atoms with van der Waals surface area (Å²) in [6.45, 7) is 2.73. The van der Waals surface area contributed by atoms with Crippen molar-refractivity contribution in [3.63, 3.8) is 0 Å². The van der Waals surface area contributed by atoms with Gasteiger partial charge >= 0.3 is 0 Å². The number of thiazole rings is 1. The molecule has 17 heavy (non-hydrogen) atoms. The van der Waals surface area contributed by atoms with Gasteiger partial charge in [-0.2, -0.15) is 0 Å². The first-order chi connectivity index (χ1) is 8.21. The highest BCUT2D eigenvalue weighted by molar-refractivity contribution is 7.09. The number of nitrogens with two attached hydrogens (primary N) is 1. The maximum Gasteiger partial charge on any atom is 0.153 e. The number of nitrogens with zero attached hydrogens (tertiary/aromatic N) is 1. The van der Waals surface area contributed by atoms with Crippen LogP contribution >= 0.6 is 11.3 Å². The van der Waals surface area contributed by atoms with E-state index in [0.717, 1.165) is 30.2 Å². The Morgan fingerprint density at radius 1 is 1.47 bits per heavy atom. The van der Waals surface area contributed by atoms with Crippen LogP contribution in [0, 0.1) is 12.3 Å². The molecule has 0 aromatic carbocycles. The Morgan fingerprint density at radius 3 is 2.88 bits per heavy atom. The number of furan rings is 1. The molecule has 0 saturated heterocycles. The van der Waals surface area contributed by atoms with E-state index < -0.39 is 0 Å². The molecular formula is C13H16N2OS. The van der Waals surface area contributed by atoms with Gasteiger partial charge in [0.2, 0.25) is 0 Å². The van der Waals surface area contributed by atoms with E-state index in [1.807, 2.05) is 19.1 Å². The van der Waals surface area contributed by atoms with Gasteiger partial charge < -0.3 is 10.2 Å². The SMILES string of the molecule is Cc1ccc(-c2csc(CC3(CN)CC3)n2)o1. The zero-order valence-corrected chi connectivity index (χ0v) is 10.7. The lowest BCUT2D eigenvalue weighted by molar-refractivity contribution is 0.518. The lowest BCUT2D eigenvalue weighted by Crippen LogP contribution is -2.17. The van der Waals surface area contributed by atoms with Gasteiger partial charge in [-0.05, 0) is 43.9 Å². The van der Waals surface area contributed by atoms with Gasteiger partial charge in [0.25, 0.3) is 0 Å². The summed E-state index contributed by atoms with van der Waals surface area (Å²) in [5, 5.41) is 3.25. The third-order valence-corrected chi connectivity index (χ3v) is 4.31. The van der Waals surface area contributed by atoms with Gasteiger partial charge in [-0.15, -0.1) is 11.3 Å². The predicted molar refractivity (Wildman–Crippen MR) is 69.0 cm³/mol. The van der Waals surface area contributed by atoms with Gasteiger partial charge in [-0.3, -0.25) is 0 Å². The van der Waals surface area contributed by atoms with Crippen LogP contribution in [0.1, 0.15) is 23.6 Å². The molecule has 4 heteroatoms. The monoisotopic (exact) mass is 248 g/mol. The third kappa shape index (κ3) is 2.15. The van der Waals surface area contributed by atoms with E-state index in [2.05, 4.69) is 10.4 Å². The predicted octanol–water partition coefficient (Wildman–Crippen LogP) is 2.99. The second kappa shape index (κ2) is 3.96. The molecule has 0 unspecified atom stereocenters. The number of aromatic nitrogens is 1. The van der Waals surface area contributed by atoms with E-state index in [1.165, 1.54) is 17.8 Å². The highest BCUT2D eigenvalue weighted by atomic mass is 32.1. The second-order valence-electron chi connectivity index (χ2n) is 4.92. The molecular weight excluding hydrogens is 232 g/mol. The van der Waals surface area contributed by atoms with Gasteiger partial charge in [0.15, 0.2) is 5.76 Å². The largest absolute Gasteiger partial charge is 0.460 e. The maximum absolute atomic E-state index is 5.80. The first-order valence-corrected chi connectivity index (χ1v) is 6.80. The normalized spacial score (nSPS) is 17.3. The average molecular weight is 248 g/mol. The summed E-state index contributed by atoms with van der Waals surface area (Å²) in [6, 6.07) is 3.95. The van der Waals surface area contributed by atoms with Crippen LogP contribution in [0.15, 0.2) is 21.9 Å². The van der Waals surface area contributed by atoms with Crippen LogP contribution in [-0.4, -0.2) is 11.5 Å². The van der Waals surface area contributed by atoms with Crippen molar-refractivity contribution in [1.82, 2.24) is 4.98 Å². The van der Waals surface area contributed by atoms with Crippen LogP contribution in [0.4, 0.5) is 0 Å². The standard InChI is InChI=1S/C13H16N2OS/c1-9-2-3-11(16-9)10-7-17-12(15-10)6-13(8-14)4-5-13/h2-3,7H,4-6,8,14H2,1H3. The van der Waals surface area contributed by atoms with Crippen molar-refractivity contribution >= 4 is 11.3 Å². The first kappa shape index (κ1) is 11.0. The van der Waals surface area contributed by atoms with Crippen molar-refractivity contribution in [3.05, 3.63) is 28.3 Å². The molecule has 0 amide bonds. The van der Waals surface area contributed by atoms with Crippen molar-refractivity contribution in [2.45, 2.75) is 26.2 Å². The summed E-state index contributed by atoms with van der Waals surface area (Å²) in [4.78, 5) is 4.64. The van der Waals surface area contributed by atoms with Crippen LogP contribution in [0.3, 0.4) is 0 Å². The summed E-state index contributed by atoms with van der Waals surface area (Å²) >= 11 is 1.71. The molecule has 1 aliphatic rings. The Kier molecular flexibility index (Phi) is 2.56. The van der Waals surface area contributed by atoms with E-state index in [1.54, 1.807) is 11.3 Å². The highest BCUT2D eigenvalue weighted by Crippen LogP contribution is 2.47. The van der Waals surface area contributed by atoms with Crippen molar-refractivity contribution in [2.75, 3.05) is 6.54 Å². The van der Waals surface area contributed by atoms with Crippen molar-refractivity contribution in [2.24, 2.45) is 11.1 Å². The molecule has 3 rings (SSSR count). The molecule has 1 saturated carbocycles. The average Bonchev–Trinajstić information content (AvgIpc) is 2.73. The molecule has 0 radical (unpaired) electrons. The molecule has 2 heterocycles. The van der Waals surface area contributed by atoms with Crippen LogP contribution in [0.5, 0.6) is 0 Å². The quantitative estimate of drug-likeness (QED) is 0.905. The summed E-state index contributed by atoms with van der Waals surface area (Å²) in [5.41, 5.74) is 7.10. The van der Waals surface area contributed by atoms with Gasteiger partial charge in [0.05, 0.1) is 5.01 Å². The van der Waals surface area contributed by atoms with Crippen molar-refractivity contribution in [3.8, 4) is 11.5 Å². The Labute approximate surface area is 105 Å². The smallest absolute Gasteiger partial charge is 0.153 e. The Hall–Kier alpha value is -1.13.